The van der Waals surface area contributed by atoms with E-state index in [1.807, 2.05) is 54.6 Å². The molecule has 2 aromatic rings. The zero-order chi connectivity index (χ0) is 14.9. The molecule has 0 aliphatic heterocycles. The molecule has 1 atom stereocenters. The quantitative estimate of drug-likeness (QED) is 0.759. The van der Waals surface area contributed by atoms with E-state index in [1.54, 1.807) is 7.11 Å². The van der Waals surface area contributed by atoms with Gasteiger partial charge in [-0.15, -0.1) is 0 Å². The predicted molar refractivity (Wildman–Crippen MR) is 82.7 cm³/mol. The molecule has 0 heterocycles. The smallest absolute Gasteiger partial charge is 0.119 e. The predicted octanol–water partition coefficient (Wildman–Crippen LogP) is 2.79. The summed E-state index contributed by atoms with van der Waals surface area (Å²) in [6, 6.07) is 17.4. The molecule has 21 heavy (non-hydrogen) atoms. The van der Waals surface area contributed by atoms with E-state index < -0.39 is 0 Å². The third-order valence-corrected chi connectivity index (χ3v) is 3.12. The van der Waals surface area contributed by atoms with Crippen LogP contribution in [-0.2, 0) is 4.74 Å². The number of para-hydroxylation sites is 1. The maximum atomic E-state index is 5.78. The lowest BCUT2D eigenvalue weighted by Gasteiger charge is -2.17. The number of methoxy groups -OCH3 is 1. The Morgan fingerprint density at radius 2 is 1.62 bits per heavy atom. The van der Waals surface area contributed by atoms with Crippen LogP contribution in [0.15, 0.2) is 54.6 Å². The molecule has 0 aromatic heterocycles. The summed E-state index contributed by atoms with van der Waals surface area (Å²) in [4.78, 5) is 0. The van der Waals surface area contributed by atoms with Gasteiger partial charge in [0.15, 0.2) is 0 Å². The molecule has 4 nitrogen and oxygen atoms in total. The van der Waals surface area contributed by atoms with Gasteiger partial charge in [0.1, 0.15) is 18.1 Å². The molecule has 0 amide bonds. The summed E-state index contributed by atoms with van der Waals surface area (Å²) >= 11 is 0. The molecule has 2 N–H and O–H groups in total. The average molecular weight is 287 g/mol. The van der Waals surface area contributed by atoms with Gasteiger partial charge in [0.2, 0.25) is 0 Å². The molecule has 0 saturated carbocycles. The highest BCUT2D eigenvalue weighted by atomic mass is 16.5. The summed E-state index contributed by atoms with van der Waals surface area (Å²) in [6.45, 7) is 1.41. The van der Waals surface area contributed by atoms with Crippen LogP contribution >= 0.6 is 0 Å². The number of nitrogens with two attached hydrogens (primary N) is 1. The fourth-order valence-electron chi connectivity index (χ4n) is 1.99. The number of benzene rings is 2. The molecule has 0 bridgehead atoms. The Morgan fingerprint density at radius 1 is 0.905 bits per heavy atom. The Balaban J connectivity index is 1.79. The molecule has 0 aliphatic rings. The first kappa shape index (κ1) is 15.4. The van der Waals surface area contributed by atoms with Crippen molar-refractivity contribution in [1.82, 2.24) is 0 Å². The van der Waals surface area contributed by atoms with Crippen molar-refractivity contribution < 1.29 is 14.2 Å². The Kier molecular flexibility index (Phi) is 6.06. The van der Waals surface area contributed by atoms with Gasteiger partial charge in [-0.1, -0.05) is 30.3 Å². The lowest BCUT2D eigenvalue weighted by molar-refractivity contribution is 0.0380. The number of hydrogen-bond donors (Lipinski definition) is 1. The van der Waals surface area contributed by atoms with E-state index in [0.717, 1.165) is 17.1 Å². The average Bonchev–Trinajstić information content (AvgIpc) is 2.56. The summed E-state index contributed by atoms with van der Waals surface area (Å²) in [5.74, 6) is 1.66. The molecule has 0 aliphatic carbocycles. The van der Waals surface area contributed by atoms with Gasteiger partial charge in [-0.3, -0.25) is 0 Å². The van der Waals surface area contributed by atoms with E-state index in [-0.39, 0.29) is 6.10 Å². The third kappa shape index (κ3) is 4.77. The largest absolute Gasteiger partial charge is 0.497 e. The summed E-state index contributed by atoms with van der Waals surface area (Å²) < 4.78 is 16.5. The van der Waals surface area contributed by atoms with Gasteiger partial charge in [-0.25, -0.2) is 0 Å². The molecule has 112 valence electrons. The Labute approximate surface area is 125 Å². The van der Waals surface area contributed by atoms with Gasteiger partial charge >= 0.3 is 0 Å². The fourth-order valence-corrected chi connectivity index (χ4v) is 1.99. The van der Waals surface area contributed by atoms with E-state index in [2.05, 4.69) is 0 Å². The zero-order valence-electron chi connectivity index (χ0n) is 12.2. The molecule has 0 fully saturated rings. The summed E-state index contributed by atoms with van der Waals surface area (Å²) in [5.41, 5.74) is 6.81. The van der Waals surface area contributed by atoms with Crippen LogP contribution in [0.4, 0.5) is 0 Å². The minimum absolute atomic E-state index is 0.129. The van der Waals surface area contributed by atoms with Gasteiger partial charge in [0.05, 0.1) is 19.8 Å². The second kappa shape index (κ2) is 8.29. The standard InChI is InChI=1S/C17H21NO3/c1-19-15-9-7-14(8-10-15)17(13-18)21-12-11-20-16-5-3-2-4-6-16/h2-10,17H,11-13,18H2,1H3. The lowest BCUT2D eigenvalue weighted by atomic mass is 10.1. The van der Waals surface area contributed by atoms with E-state index in [4.69, 9.17) is 19.9 Å². The van der Waals surface area contributed by atoms with Crippen molar-refractivity contribution in [2.24, 2.45) is 5.73 Å². The van der Waals surface area contributed by atoms with Crippen LogP contribution in [0.5, 0.6) is 11.5 Å². The first-order valence-corrected chi connectivity index (χ1v) is 6.97. The van der Waals surface area contributed by atoms with E-state index in [9.17, 15) is 0 Å². The van der Waals surface area contributed by atoms with Crippen LogP contribution in [0.1, 0.15) is 11.7 Å². The van der Waals surface area contributed by atoms with Crippen LogP contribution in [0.2, 0.25) is 0 Å². The van der Waals surface area contributed by atoms with Crippen molar-refractivity contribution in [3.05, 3.63) is 60.2 Å². The van der Waals surface area contributed by atoms with Crippen LogP contribution in [0, 0.1) is 0 Å². The maximum Gasteiger partial charge on any atom is 0.119 e. The Bertz CT molecular complexity index is 513. The highest BCUT2D eigenvalue weighted by molar-refractivity contribution is 5.28. The molecule has 2 rings (SSSR count). The first-order chi connectivity index (χ1) is 10.3. The van der Waals surface area contributed by atoms with Crippen LogP contribution in [0.3, 0.4) is 0 Å². The molecule has 0 radical (unpaired) electrons. The second-order valence-electron chi connectivity index (χ2n) is 4.53. The molecule has 4 heteroatoms. The molecular weight excluding hydrogens is 266 g/mol. The molecule has 0 spiro atoms. The van der Waals surface area contributed by atoms with E-state index in [0.29, 0.717) is 19.8 Å². The molecule has 0 saturated heterocycles. The van der Waals surface area contributed by atoms with E-state index in [1.165, 1.54) is 0 Å². The molecule has 1 unspecified atom stereocenters. The highest BCUT2D eigenvalue weighted by Gasteiger charge is 2.10. The van der Waals surface area contributed by atoms with Crippen molar-refractivity contribution in [3.8, 4) is 11.5 Å². The highest BCUT2D eigenvalue weighted by Crippen LogP contribution is 2.19. The minimum Gasteiger partial charge on any atom is -0.497 e. The summed E-state index contributed by atoms with van der Waals surface area (Å²) in [7, 11) is 1.65. The Morgan fingerprint density at radius 3 is 2.24 bits per heavy atom. The fraction of sp³-hybridized carbons (Fsp3) is 0.294. The SMILES string of the molecule is COc1ccc(C(CN)OCCOc2ccccc2)cc1. The topological polar surface area (TPSA) is 53.7 Å². The monoisotopic (exact) mass is 287 g/mol. The first-order valence-electron chi connectivity index (χ1n) is 6.97. The summed E-state index contributed by atoms with van der Waals surface area (Å²) in [5, 5.41) is 0. The van der Waals surface area contributed by atoms with Crippen molar-refractivity contribution in [2.75, 3.05) is 26.9 Å². The lowest BCUT2D eigenvalue weighted by Crippen LogP contribution is -2.18. The van der Waals surface area contributed by atoms with E-state index >= 15 is 0 Å². The van der Waals surface area contributed by atoms with Crippen molar-refractivity contribution in [1.29, 1.82) is 0 Å². The molecular formula is C17H21NO3. The van der Waals surface area contributed by atoms with Gasteiger partial charge in [-0.2, -0.15) is 0 Å². The second-order valence-corrected chi connectivity index (χ2v) is 4.53. The van der Waals surface area contributed by atoms with Crippen molar-refractivity contribution in [2.45, 2.75) is 6.10 Å². The van der Waals surface area contributed by atoms with Gasteiger partial charge < -0.3 is 19.9 Å². The number of rotatable bonds is 8. The van der Waals surface area contributed by atoms with Gasteiger partial charge in [-0.05, 0) is 29.8 Å². The summed E-state index contributed by atoms with van der Waals surface area (Å²) in [6.07, 6.45) is -0.129. The maximum absolute atomic E-state index is 5.78. The Hall–Kier alpha value is -2.04. The number of ether oxygens (including phenoxy) is 3. The zero-order valence-corrected chi connectivity index (χ0v) is 12.2. The van der Waals surface area contributed by atoms with Crippen molar-refractivity contribution in [3.63, 3.8) is 0 Å². The van der Waals surface area contributed by atoms with Gasteiger partial charge in [0.25, 0.3) is 0 Å². The van der Waals surface area contributed by atoms with Crippen LogP contribution in [-0.4, -0.2) is 26.9 Å². The van der Waals surface area contributed by atoms with Gasteiger partial charge in [0, 0.05) is 6.54 Å². The van der Waals surface area contributed by atoms with Crippen LogP contribution < -0.4 is 15.2 Å². The minimum atomic E-state index is -0.129. The van der Waals surface area contributed by atoms with Crippen molar-refractivity contribution >= 4 is 0 Å². The third-order valence-electron chi connectivity index (χ3n) is 3.12. The molecule has 2 aromatic carbocycles. The van der Waals surface area contributed by atoms with Crippen LogP contribution in [0.25, 0.3) is 0 Å². The normalized spacial score (nSPS) is 11.9. The number of hydrogen-bond acceptors (Lipinski definition) is 4.